The van der Waals surface area contributed by atoms with Gasteiger partial charge in [0.1, 0.15) is 5.76 Å². The van der Waals surface area contributed by atoms with Crippen LogP contribution in [0.15, 0.2) is 28.7 Å². The lowest BCUT2D eigenvalue weighted by Gasteiger charge is -2.07. The molecule has 0 atom stereocenters. The van der Waals surface area contributed by atoms with Crippen LogP contribution in [-0.4, -0.2) is 24.7 Å². The van der Waals surface area contributed by atoms with Crippen LogP contribution in [0.25, 0.3) is 0 Å². The quantitative estimate of drug-likeness (QED) is 0.802. The van der Waals surface area contributed by atoms with Crippen molar-refractivity contribution in [1.29, 1.82) is 0 Å². The molecule has 0 spiro atoms. The van der Waals surface area contributed by atoms with Crippen molar-refractivity contribution in [3.8, 4) is 11.5 Å². The molecule has 118 valence electrons. The van der Waals surface area contributed by atoms with E-state index in [0.717, 1.165) is 11.1 Å². The van der Waals surface area contributed by atoms with Gasteiger partial charge in [0.2, 0.25) is 0 Å². The number of benzene rings is 1. The van der Waals surface area contributed by atoms with Gasteiger partial charge in [0, 0.05) is 12.1 Å². The van der Waals surface area contributed by atoms with Crippen LogP contribution in [0, 0.1) is 6.92 Å². The molecular formula is C16H18ClNO4. The highest BCUT2D eigenvalue weighted by atomic mass is 35.5. The molecule has 1 aromatic carbocycles. The Morgan fingerprint density at radius 2 is 2.18 bits per heavy atom. The van der Waals surface area contributed by atoms with Crippen LogP contribution in [0.4, 0.5) is 0 Å². The van der Waals surface area contributed by atoms with Crippen LogP contribution >= 0.6 is 11.6 Å². The van der Waals surface area contributed by atoms with Gasteiger partial charge < -0.3 is 19.6 Å². The molecule has 2 rings (SSSR count). The van der Waals surface area contributed by atoms with E-state index in [9.17, 15) is 9.90 Å². The number of amides is 1. The molecule has 0 unspecified atom stereocenters. The summed E-state index contributed by atoms with van der Waals surface area (Å²) in [6.45, 7) is 2.20. The molecule has 1 heterocycles. The summed E-state index contributed by atoms with van der Waals surface area (Å²) in [5.41, 5.74) is 1.71. The molecular weight excluding hydrogens is 306 g/mol. The van der Waals surface area contributed by atoms with Crippen molar-refractivity contribution < 1.29 is 19.1 Å². The number of furan rings is 1. The van der Waals surface area contributed by atoms with Crippen molar-refractivity contribution in [2.24, 2.45) is 0 Å². The molecule has 0 fully saturated rings. The molecule has 0 bridgehead atoms. The topological polar surface area (TPSA) is 71.7 Å². The van der Waals surface area contributed by atoms with Gasteiger partial charge in [-0.3, -0.25) is 4.79 Å². The van der Waals surface area contributed by atoms with E-state index in [-0.39, 0.29) is 17.4 Å². The fourth-order valence-electron chi connectivity index (χ4n) is 2.06. The number of carbonyl (C=O) groups is 1. The molecule has 0 aliphatic rings. The van der Waals surface area contributed by atoms with E-state index in [1.54, 1.807) is 25.1 Å². The van der Waals surface area contributed by atoms with Gasteiger partial charge in [0.25, 0.3) is 5.91 Å². The third kappa shape index (κ3) is 3.74. The van der Waals surface area contributed by atoms with E-state index in [2.05, 4.69) is 5.32 Å². The number of carbonyl (C=O) groups excluding carboxylic acids is 1. The van der Waals surface area contributed by atoms with Gasteiger partial charge in [-0.25, -0.2) is 0 Å². The number of phenolic OH excluding ortho intramolecular Hbond substituents is 1. The van der Waals surface area contributed by atoms with Crippen LogP contribution < -0.4 is 10.1 Å². The average molecular weight is 324 g/mol. The maximum atomic E-state index is 12.0. The maximum absolute atomic E-state index is 12.0. The molecule has 2 aromatic rings. The third-order valence-electron chi connectivity index (χ3n) is 3.33. The number of aromatic hydroxyl groups is 1. The van der Waals surface area contributed by atoms with Crippen molar-refractivity contribution in [2.75, 3.05) is 13.7 Å². The Morgan fingerprint density at radius 1 is 1.41 bits per heavy atom. The first kappa shape index (κ1) is 16.2. The molecule has 0 saturated heterocycles. The largest absolute Gasteiger partial charge is 0.504 e. The number of methoxy groups -OCH3 is 1. The van der Waals surface area contributed by atoms with Gasteiger partial charge >= 0.3 is 0 Å². The lowest BCUT2D eigenvalue weighted by Crippen LogP contribution is -2.25. The van der Waals surface area contributed by atoms with Gasteiger partial charge in [-0.05, 0) is 37.1 Å². The summed E-state index contributed by atoms with van der Waals surface area (Å²) in [5.74, 6) is 1.45. The summed E-state index contributed by atoms with van der Waals surface area (Å²) in [4.78, 5) is 12.0. The Hall–Kier alpha value is -2.14. The van der Waals surface area contributed by atoms with Crippen molar-refractivity contribution in [1.82, 2.24) is 5.32 Å². The minimum Gasteiger partial charge on any atom is -0.504 e. The van der Waals surface area contributed by atoms with Crippen LogP contribution in [0.2, 0.25) is 0 Å². The number of nitrogens with one attached hydrogen (secondary N) is 1. The average Bonchev–Trinajstić information content (AvgIpc) is 2.88. The van der Waals surface area contributed by atoms with E-state index < -0.39 is 0 Å². The lowest BCUT2D eigenvalue weighted by atomic mass is 10.1. The van der Waals surface area contributed by atoms with Crippen molar-refractivity contribution in [3.63, 3.8) is 0 Å². The maximum Gasteiger partial charge on any atom is 0.287 e. The zero-order chi connectivity index (χ0) is 16.1. The number of ether oxygens (including phenoxy) is 1. The fourth-order valence-corrected chi connectivity index (χ4v) is 2.33. The predicted molar refractivity (Wildman–Crippen MR) is 83.7 cm³/mol. The molecule has 2 N–H and O–H groups in total. The molecule has 0 aliphatic carbocycles. The zero-order valence-electron chi connectivity index (χ0n) is 12.5. The highest BCUT2D eigenvalue weighted by Crippen LogP contribution is 2.26. The van der Waals surface area contributed by atoms with Gasteiger partial charge in [-0.1, -0.05) is 6.07 Å². The van der Waals surface area contributed by atoms with E-state index in [0.29, 0.717) is 30.4 Å². The monoisotopic (exact) mass is 323 g/mol. The van der Waals surface area contributed by atoms with Gasteiger partial charge in [-0.15, -0.1) is 11.6 Å². The van der Waals surface area contributed by atoms with Crippen LogP contribution in [0.3, 0.4) is 0 Å². The summed E-state index contributed by atoms with van der Waals surface area (Å²) in [7, 11) is 1.50. The molecule has 6 heteroatoms. The Labute approximate surface area is 133 Å². The van der Waals surface area contributed by atoms with E-state index in [1.165, 1.54) is 7.11 Å². The predicted octanol–water partition coefficient (Wildman–Crippen LogP) is 3.01. The van der Waals surface area contributed by atoms with Gasteiger partial charge in [-0.2, -0.15) is 0 Å². The van der Waals surface area contributed by atoms with E-state index >= 15 is 0 Å². The van der Waals surface area contributed by atoms with E-state index in [1.807, 2.05) is 6.07 Å². The highest BCUT2D eigenvalue weighted by molar-refractivity contribution is 6.17. The second kappa shape index (κ2) is 7.22. The molecule has 22 heavy (non-hydrogen) atoms. The van der Waals surface area contributed by atoms with Crippen molar-refractivity contribution in [2.45, 2.75) is 19.2 Å². The minimum atomic E-state index is -0.280. The van der Waals surface area contributed by atoms with Crippen LogP contribution in [0.5, 0.6) is 11.5 Å². The number of aryl methyl sites for hydroxylation is 1. The highest BCUT2D eigenvalue weighted by Gasteiger charge is 2.13. The van der Waals surface area contributed by atoms with Crippen molar-refractivity contribution in [3.05, 3.63) is 46.9 Å². The summed E-state index contributed by atoms with van der Waals surface area (Å²) in [6, 6.07) is 6.80. The van der Waals surface area contributed by atoms with E-state index in [4.69, 9.17) is 20.8 Å². The standard InChI is InChI=1S/C16H18ClNO4/c1-10-12(9-17)8-15(22-10)16(20)18-6-5-11-3-4-14(21-2)13(19)7-11/h3-4,7-8,19H,5-6,9H2,1-2H3,(H,18,20). The first-order valence-electron chi connectivity index (χ1n) is 6.84. The number of rotatable bonds is 6. The first-order valence-corrected chi connectivity index (χ1v) is 7.38. The summed E-state index contributed by atoms with van der Waals surface area (Å²) in [6.07, 6.45) is 0.589. The summed E-state index contributed by atoms with van der Waals surface area (Å²) < 4.78 is 10.3. The first-order chi connectivity index (χ1) is 10.5. The molecule has 0 radical (unpaired) electrons. The zero-order valence-corrected chi connectivity index (χ0v) is 13.2. The Morgan fingerprint density at radius 3 is 2.77 bits per heavy atom. The Kier molecular flexibility index (Phi) is 5.33. The van der Waals surface area contributed by atoms with Gasteiger partial charge in [0.05, 0.1) is 13.0 Å². The SMILES string of the molecule is COc1ccc(CCNC(=O)c2cc(CCl)c(C)o2)cc1O. The number of phenols is 1. The molecule has 0 aliphatic heterocycles. The molecule has 0 saturated carbocycles. The normalized spacial score (nSPS) is 10.5. The molecule has 1 aromatic heterocycles. The Bertz CT molecular complexity index is 666. The second-order valence-corrected chi connectivity index (χ2v) is 5.11. The smallest absolute Gasteiger partial charge is 0.287 e. The van der Waals surface area contributed by atoms with Crippen LogP contribution in [-0.2, 0) is 12.3 Å². The fraction of sp³-hybridized carbons (Fsp3) is 0.312. The summed E-state index contributed by atoms with van der Waals surface area (Å²) in [5, 5.41) is 12.5. The number of halogens is 1. The number of alkyl halides is 1. The molecule has 1 amide bonds. The number of hydrogen-bond donors (Lipinski definition) is 2. The van der Waals surface area contributed by atoms with Gasteiger partial charge in [0.15, 0.2) is 17.3 Å². The molecule has 5 nitrogen and oxygen atoms in total. The number of hydrogen-bond acceptors (Lipinski definition) is 4. The minimum absolute atomic E-state index is 0.0831. The second-order valence-electron chi connectivity index (χ2n) is 4.84. The third-order valence-corrected chi connectivity index (χ3v) is 3.62. The Balaban J connectivity index is 1.90. The summed E-state index contributed by atoms with van der Waals surface area (Å²) >= 11 is 5.75. The van der Waals surface area contributed by atoms with Crippen molar-refractivity contribution >= 4 is 17.5 Å². The lowest BCUT2D eigenvalue weighted by molar-refractivity contribution is 0.0925. The van der Waals surface area contributed by atoms with Crippen LogP contribution in [0.1, 0.15) is 27.4 Å².